The standard InChI is InChI=1S/C14H15ClN4/c1-2-5-19-10-12(9-18-19)8-17-14-4-3-11(7-16)6-13(14)15/h3-4,6,9-10,17H,2,5,8H2,1H3. The Kier molecular flexibility index (Phi) is 4.43. The first-order valence-corrected chi connectivity index (χ1v) is 6.55. The quantitative estimate of drug-likeness (QED) is 0.909. The lowest BCUT2D eigenvalue weighted by Crippen LogP contribution is -2.00. The van der Waals surface area contributed by atoms with E-state index in [-0.39, 0.29) is 0 Å². The van der Waals surface area contributed by atoms with Crippen LogP contribution in [0.3, 0.4) is 0 Å². The maximum Gasteiger partial charge on any atom is 0.0992 e. The van der Waals surface area contributed by atoms with Crippen LogP contribution in [0.5, 0.6) is 0 Å². The molecule has 1 aromatic heterocycles. The van der Waals surface area contributed by atoms with Gasteiger partial charge >= 0.3 is 0 Å². The van der Waals surface area contributed by atoms with Gasteiger partial charge in [0.25, 0.3) is 0 Å². The highest BCUT2D eigenvalue weighted by Crippen LogP contribution is 2.23. The van der Waals surface area contributed by atoms with Gasteiger partial charge in [-0.3, -0.25) is 4.68 Å². The molecule has 98 valence electrons. The monoisotopic (exact) mass is 274 g/mol. The van der Waals surface area contributed by atoms with E-state index in [0.29, 0.717) is 17.1 Å². The Bertz CT molecular complexity index is 598. The first-order valence-electron chi connectivity index (χ1n) is 6.17. The summed E-state index contributed by atoms with van der Waals surface area (Å²) in [7, 11) is 0. The lowest BCUT2D eigenvalue weighted by molar-refractivity contribution is 0.602. The van der Waals surface area contributed by atoms with Crippen LogP contribution in [0.2, 0.25) is 5.02 Å². The highest BCUT2D eigenvalue weighted by Gasteiger charge is 2.03. The van der Waals surface area contributed by atoms with Crippen LogP contribution in [0, 0.1) is 11.3 Å². The molecule has 2 aromatic rings. The van der Waals surface area contributed by atoms with E-state index in [1.54, 1.807) is 12.1 Å². The summed E-state index contributed by atoms with van der Waals surface area (Å²) in [4.78, 5) is 0. The molecule has 0 unspecified atom stereocenters. The number of aryl methyl sites for hydroxylation is 1. The van der Waals surface area contributed by atoms with Gasteiger partial charge in [0.2, 0.25) is 0 Å². The minimum absolute atomic E-state index is 0.556. The molecule has 4 nitrogen and oxygen atoms in total. The van der Waals surface area contributed by atoms with Crippen LogP contribution < -0.4 is 5.32 Å². The summed E-state index contributed by atoms with van der Waals surface area (Å²) in [5.74, 6) is 0. The van der Waals surface area contributed by atoms with E-state index in [1.165, 1.54) is 0 Å². The minimum Gasteiger partial charge on any atom is -0.380 e. The molecule has 0 aliphatic heterocycles. The number of halogens is 1. The molecule has 0 aliphatic carbocycles. The Morgan fingerprint density at radius 3 is 3.00 bits per heavy atom. The van der Waals surface area contributed by atoms with Gasteiger partial charge in [0.1, 0.15) is 0 Å². The third-order valence-corrected chi connectivity index (χ3v) is 3.03. The van der Waals surface area contributed by atoms with Crippen molar-refractivity contribution in [2.45, 2.75) is 26.4 Å². The molecular weight excluding hydrogens is 260 g/mol. The van der Waals surface area contributed by atoms with Crippen LogP contribution in [0.25, 0.3) is 0 Å². The molecule has 0 saturated heterocycles. The Morgan fingerprint density at radius 2 is 2.32 bits per heavy atom. The highest BCUT2D eigenvalue weighted by atomic mass is 35.5. The molecule has 0 aliphatic rings. The number of rotatable bonds is 5. The van der Waals surface area contributed by atoms with Crippen LogP contribution in [-0.4, -0.2) is 9.78 Å². The third kappa shape index (κ3) is 3.49. The normalized spacial score (nSPS) is 10.2. The van der Waals surface area contributed by atoms with Gasteiger partial charge in [0, 0.05) is 24.8 Å². The van der Waals surface area contributed by atoms with Crippen molar-refractivity contribution in [2.75, 3.05) is 5.32 Å². The summed E-state index contributed by atoms with van der Waals surface area (Å²) in [5.41, 5.74) is 2.49. The lowest BCUT2D eigenvalue weighted by Gasteiger charge is -2.07. The van der Waals surface area contributed by atoms with Gasteiger partial charge in [-0.05, 0) is 24.6 Å². The van der Waals surface area contributed by atoms with Crippen LogP contribution in [0.4, 0.5) is 5.69 Å². The number of hydrogen-bond acceptors (Lipinski definition) is 3. The van der Waals surface area contributed by atoms with Crippen molar-refractivity contribution < 1.29 is 0 Å². The number of nitriles is 1. The van der Waals surface area contributed by atoms with Crippen LogP contribution >= 0.6 is 11.6 Å². The molecule has 0 saturated carbocycles. The Hall–Kier alpha value is -1.99. The average molecular weight is 275 g/mol. The fourth-order valence-corrected chi connectivity index (χ4v) is 2.02. The molecule has 2 rings (SSSR count). The van der Waals surface area contributed by atoms with Crippen LogP contribution in [0.1, 0.15) is 24.5 Å². The second-order valence-corrected chi connectivity index (χ2v) is 4.68. The van der Waals surface area contributed by atoms with Crippen molar-refractivity contribution in [3.8, 4) is 6.07 Å². The summed E-state index contributed by atoms with van der Waals surface area (Å²) < 4.78 is 1.93. The van der Waals surface area contributed by atoms with Crippen molar-refractivity contribution in [1.29, 1.82) is 5.26 Å². The molecule has 0 radical (unpaired) electrons. The number of hydrogen-bond donors (Lipinski definition) is 1. The maximum absolute atomic E-state index is 8.77. The van der Waals surface area contributed by atoms with Gasteiger partial charge in [0.05, 0.1) is 28.5 Å². The van der Waals surface area contributed by atoms with E-state index < -0.39 is 0 Å². The highest BCUT2D eigenvalue weighted by molar-refractivity contribution is 6.33. The van der Waals surface area contributed by atoms with Gasteiger partial charge in [-0.25, -0.2) is 0 Å². The van der Waals surface area contributed by atoms with E-state index in [9.17, 15) is 0 Å². The van der Waals surface area contributed by atoms with E-state index >= 15 is 0 Å². The number of anilines is 1. The molecule has 0 amide bonds. The third-order valence-electron chi connectivity index (χ3n) is 2.72. The zero-order valence-electron chi connectivity index (χ0n) is 10.7. The Labute approximate surface area is 117 Å². The molecule has 19 heavy (non-hydrogen) atoms. The largest absolute Gasteiger partial charge is 0.380 e. The topological polar surface area (TPSA) is 53.6 Å². The second-order valence-electron chi connectivity index (χ2n) is 4.27. The van der Waals surface area contributed by atoms with E-state index in [4.69, 9.17) is 16.9 Å². The van der Waals surface area contributed by atoms with E-state index in [0.717, 1.165) is 24.2 Å². The van der Waals surface area contributed by atoms with Gasteiger partial charge in [-0.2, -0.15) is 10.4 Å². The summed E-state index contributed by atoms with van der Waals surface area (Å²) >= 11 is 6.09. The molecule has 0 bridgehead atoms. The Balaban J connectivity index is 2.00. The number of nitrogens with one attached hydrogen (secondary N) is 1. The van der Waals surface area contributed by atoms with Crippen molar-refractivity contribution in [3.63, 3.8) is 0 Å². The van der Waals surface area contributed by atoms with Gasteiger partial charge in [0.15, 0.2) is 0 Å². The zero-order valence-corrected chi connectivity index (χ0v) is 11.5. The summed E-state index contributed by atoms with van der Waals surface area (Å²) in [6, 6.07) is 7.28. The number of aromatic nitrogens is 2. The van der Waals surface area contributed by atoms with Crippen molar-refractivity contribution in [3.05, 3.63) is 46.7 Å². The van der Waals surface area contributed by atoms with Crippen molar-refractivity contribution in [2.24, 2.45) is 0 Å². The summed E-state index contributed by atoms with van der Waals surface area (Å²) in [5, 5.41) is 16.8. The molecule has 1 N–H and O–H groups in total. The predicted octanol–water partition coefficient (Wildman–Crippen LogP) is 3.43. The lowest BCUT2D eigenvalue weighted by atomic mass is 10.2. The molecule has 1 aromatic carbocycles. The molecule has 0 atom stereocenters. The van der Waals surface area contributed by atoms with Gasteiger partial charge < -0.3 is 5.32 Å². The fraction of sp³-hybridized carbons (Fsp3) is 0.286. The molecular formula is C14H15ClN4. The van der Waals surface area contributed by atoms with Crippen molar-refractivity contribution >= 4 is 17.3 Å². The minimum atomic E-state index is 0.556. The van der Waals surface area contributed by atoms with Crippen molar-refractivity contribution in [1.82, 2.24) is 9.78 Å². The predicted molar refractivity (Wildman–Crippen MR) is 76.0 cm³/mol. The van der Waals surface area contributed by atoms with Gasteiger partial charge in [-0.1, -0.05) is 18.5 Å². The SMILES string of the molecule is CCCn1cc(CNc2ccc(C#N)cc2Cl)cn1. The average Bonchev–Trinajstić information content (AvgIpc) is 2.85. The number of benzene rings is 1. The summed E-state index contributed by atoms with van der Waals surface area (Å²) in [6.45, 7) is 3.71. The van der Waals surface area contributed by atoms with Gasteiger partial charge in [-0.15, -0.1) is 0 Å². The first kappa shape index (κ1) is 13.4. The second kappa shape index (κ2) is 6.26. The van der Waals surface area contributed by atoms with Crippen LogP contribution in [-0.2, 0) is 13.1 Å². The maximum atomic E-state index is 8.77. The fourth-order valence-electron chi connectivity index (χ4n) is 1.77. The van der Waals surface area contributed by atoms with Crippen LogP contribution in [0.15, 0.2) is 30.6 Å². The summed E-state index contributed by atoms with van der Waals surface area (Å²) in [6.07, 6.45) is 4.93. The molecule has 0 fully saturated rings. The Morgan fingerprint density at radius 1 is 1.47 bits per heavy atom. The number of nitrogens with zero attached hydrogens (tertiary/aromatic N) is 3. The molecule has 5 heteroatoms. The van der Waals surface area contributed by atoms with E-state index in [1.807, 2.05) is 23.1 Å². The first-order chi connectivity index (χ1) is 9.22. The smallest absolute Gasteiger partial charge is 0.0992 e. The van der Waals surface area contributed by atoms with E-state index in [2.05, 4.69) is 23.4 Å². The zero-order chi connectivity index (χ0) is 13.7. The molecule has 0 spiro atoms. The molecule has 1 heterocycles.